The molecule has 4 atom stereocenters. The molecule has 1 saturated heterocycles. The van der Waals surface area contributed by atoms with Crippen molar-refractivity contribution in [2.24, 2.45) is 0 Å². The Morgan fingerprint density at radius 3 is 2.29 bits per heavy atom. The Labute approximate surface area is 140 Å². The zero-order valence-electron chi connectivity index (χ0n) is 14.1. The maximum Gasteiger partial charge on any atom is 0.510 e. The van der Waals surface area contributed by atoms with Gasteiger partial charge in [0.25, 0.3) is 0 Å². The molecule has 1 aliphatic rings. The Morgan fingerprint density at radius 2 is 1.79 bits per heavy atom. The molecule has 2 rings (SSSR count). The number of rotatable bonds is 7. The number of hydrogen-bond acceptors (Lipinski definition) is 4. The van der Waals surface area contributed by atoms with Crippen molar-refractivity contribution in [1.29, 1.82) is 0 Å². The third-order valence-corrected chi connectivity index (χ3v) is 4.51. The Bertz CT molecular complexity index is 514. The molecule has 2 unspecified atom stereocenters. The molecule has 1 aromatic carbocycles. The van der Waals surface area contributed by atoms with Gasteiger partial charge in [0.2, 0.25) is 0 Å². The first kappa shape index (κ1) is 19.2. The highest BCUT2D eigenvalue weighted by Crippen LogP contribution is 2.43. The number of halogens is 3. The summed E-state index contributed by atoms with van der Waals surface area (Å²) >= 11 is 0. The van der Waals surface area contributed by atoms with E-state index < -0.39 is 30.8 Å². The maximum atomic E-state index is 14.0. The molecular weight excluding hydrogens is 324 g/mol. The van der Waals surface area contributed by atoms with Crippen molar-refractivity contribution >= 4 is 6.98 Å². The molecule has 0 aliphatic carbocycles. The monoisotopic (exact) mass is 347 g/mol. The van der Waals surface area contributed by atoms with E-state index in [2.05, 4.69) is 0 Å². The van der Waals surface area contributed by atoms with E-state index in [1.54, 1.807) is 30.3 Å². The van der Waals surface area contributed by atoms with Crippen molar-refractivity contribution in [3.8, 4) is 0 Å². The van der Waals surface area contributed by atoms with Crippen LogP contribution >= 0.6 is 0 Å². The van der Waals surface area contributed by atoms with Crippen LogP contribution < -0.4 is 0 Å². The molecule has 1 aromatic rings. The molecule has 4 nitrogen and oxygen atoms in total. The molecule has 1 heterocycles. The Hall–Kier alpha value is -1.09. The van der Waals surface area contributed by atoms with Gasteiger partial charge in [-0.05, 0) is 18.4 Å². The lowest BCUT2D eigenvalue weighted by Crippen LogP contribution is -2.65. The Morgan fingerprint density at radius 1 is 1.12 bits per heavy atom. The lowest BCUT2D eigenvalue weighted by atomic mass is 9.60. The fourth-order valence-corrected chi connectivity index (χ4v) is 3.31. The highest BCUT2D eigenvalue weighted by Gasteiger charge is 2.58. The van der Waals surface area contributed by atoms with Crippen LogP contribution in [0.5, 0.6) is 0 Å². The van der Waals surface area contributed by atoms with Crippen LogP contribution in [0.2, 0.25) is 0 Å². The van der Waals surface area contributed by atoms with Crippen LogP contribution in [0.4, 0.5) is 12.9 Å². The first-order valence-electron chi connectivity index (χ1n) is 7.82. The van der Waals surface area contributed by atoms with Crippen molar-refractivity contribution in [1.82, 2.24) is 0 Å². The summed E-state index contributed by atoms with van der Waals surface area (Å²) < 4.78 is 63.4. The first-order chi connectivity index (χ1) is 11.4. The lowest BCUT2D eigenvalue weighted by Gasteiger charge is -2.52. The van der Waals surface area contributed by atoms with Gasteiger partial charge in [-0.2, -0.15) is 0 Å². The van der Waals surface area contributed by atoms with E-state index >= 15 is 0 Å². The van der Waals surface area contributed by atoms with Crippen LogP contribution in [0.15, 0.2) is 30.3 Å². The van der Waals surface area contributed by atoms with Crippen LogP contribution in [-0.4, -0.2) is 58.7 Å². The van der Waals surface area contributed by atoms with Crippen LogP contribution in [0.3, 0.4) is 0 Å². The summed E-state index contributed by atoms with van der Waals surface area (Å²) in [7, 11) is 4.25. The smallest absolute Gasteiger partial charge is 0.447 e. The second-order valence-electron chi connectivity index (χ2n) is 6.09. The maximum absolute atomic E-state index is 14.0. The molecule has 24 heavy (non-hydrogen) atoms. The normalized spacial score (nSPS) is 31.2. The summed E-state index contributed by atoms with van der Waals surface area (Å²) in [6.07, 6.45) is -2.76. The zero-order chi connectivity index (χ0) is 17.8. The van der Waals surface area contributed by atoms with E-state index in [1.165, 1.54) is 21.3 Å². The molecule has 0 saturated carbocycles. The molecule has 0 N–H and O–H groups in total. The van der Waals surface area contributed by atoms with Crippen molar-refractivity contribution in [2.75, 3.05) is 27.9 Å². The lowest BCUT2D eigenvalue weighted by molar-refractivity contribution is -0.221. The number of benzene rings is 1. The predicted octanol–water partition coefficient (Wildman–Crippen LogP) is 2.82. The van der Waals surface area contributed by atoms with Gasteiger partial charge in [0.15, 0.2) is 0 Å². The largest absolute Gasteiger partial charge is 0.510 e. The molecule has 8 heteroatoms. The van der Waals surface area contributed by atoms with E-state index in [0.29, 0.717) is 5.56 Å². The number of ether oxygens (including phenoxy) is 4. The average molecular weight is 347 g/mol. The molecule has 1 aliphatic heterocycles. The topological polar surface area (TPSA) is 36.9 Å². The summed E-state index contributed by atoms with van der Waals surface area (Å²) in [5, 5.41) is 0. The Balaban J connectivity index is 2.38. The second-order valence-corrected chi connectivity index (χ2v) is 6.09. The van der Waals surface area contributed by atoms with Gasteiger partial charge in [-0.3, -0.25) is 0 Å². The standard InChI is InChI=1S/C16H23BF3O4/c1-21-11-14-15(23-3)13(22-2)10-16(24-14,17(18,19)20)9-12-7-5-4-6-8-12/h4-8,13-15H,9-11H2,1-3H3/q-1/t13-,14?,15?,16-/m1/s1. The van der Waals surface area contributed by atoms with Gasteiger partial charge in [0.05, 0.1) is 12.7 Å². The Kier molecular flexibility index (Phi) is 6.30. The number of methoxy groups -OCH3 is 3. The minimum absolute atomic E-state index is 0.00106. The van der Waals surface area contributed by atoms with Crippen molar-refractivity contribution < 1.29 is 31.9 Å². The zero-order valence-corrected chi connectivity index (χ0v) is 14.1. The molecular formula is C16H23BF3O4-. The summed E-state index contributed by atoms with van der Waals surface area (Å²) in [5.74, 6) is 0. The predicted molar refractivity (Wildman–Crippen MR) is 84.9 cm³/mol. The number of hydrogen-bond donors (Lipinski definition) is 0. The third-order valence-electron chi connectivity index (χ3n) is 4.51. The van der Waals surface area contributed by atoms with Crippen LogP contribution in [0.25, 0.3) is 0 Å². The van der Waals surface area contributed by atoms with Gasteiger partial charge in [0, 0.05) is 26.8 Å². The molecule has 0 spiro atoms. The SMILES string of the molecule is COCC1O[C@@](Cc2ccccc2)([B-](F)(F)F)C[C@@H](OC)C1OC. The van der Waals surface area contributed by atoms with Gasteiger partial charge in [0.1, 0.15) is 12.2 Å². The summed E-state index contributed by atoms with van der Waals surface area (Å²) in [5.41, 5.74) is -1.71. The molecule has 1 fully saturated rings. The van der Waals surface area contributed by atoms with Gasteiger partial charge in [-0.1, -0.05) is 30.3 Å². The summed E-state index contributed by atoms with van der Waals surface area (Å²) in [6, 6.07) is 8.54. The first-order valence-corrected chi connectivity index (χ1v) is 7.82. The van der Waals surface area contributed by atoms with Gasteiger partial charge < -0.3 is 31.9 Å². The summed E-state index contributed by atoms with van der Waals surface area (Å²) in [4.78, 5) is 0. The molecule has 136 valence electrons. The van der Waals surface area contributed by atoms with Crippen LogP contribution in [-0.2, 0) is 25.4 Å². The average Bonchev–Trinajstić information content (AvgIpc) is 2.54. The third kappa shape index (κ3) is 3.93. The molecule has 0 aromatic heterocycles. The van der Waals surface area contributed by atoms with Crippen molar-refractivity contribution in [3.63, 3.8) is 0 Å². The minimum atomic E-state index is -5.28. The van der Waals surface area contributed by atoms with E-state index in [9.17, 15) is 12.9 Å². The quantitative estimate of drug-likeness (QED) is 0.711. The highest BCUT2D eigenvalue weighted by molar-refractivity contribution is 6.62. The van der Waals surface area contributed by atoms with E-state index in [1.807, 2.05) is 0 Å². The van der Waals surface area contributed by atoms with Crippen molar-refractivity contribution in [2.45, 2.75) is 36.7 Å². The van der Waals surface area contributed by atoms with Crippen LogP contribution in [0.1, 0.15) is 12.0 Å². The van der Waals surface area contributed by atoms with E-state index in [0.717, 1.165) is 0 Å². The van der Waals surface area contributed by atoms with Crippen molar-refractivity contribution in [3.05, 3.63) is 35.9 Å². The van der Waals surface area contributed by atoms with Gasteiger partial charge >= 0.3 is 6.98 Å². The second kappa shape index (κ2) is 7.86. The molecule has 0 radical (unpaired) electrons. The fourth-order valence-electron chi connectivity index (χ4n) is 3.31. The summed E-state index contributed by atoms with van der Waals surface area (Å²) in [6.45, 7) is -5.28. The minimum Gasteiger partial charge on any atom is -0.447 e. The van der Waals surface area contributed by atoms with Crippen LogP contribution in [0, 0.1) is 0 Å². The fraction of sp³-hybridized carbons (Fsp3) is 0.625. The molecule has 0 bridgehead atoms. The van der Waals surface area contributed by atoms with Gasteiger partial charge in [-0.25, -0.2) is 0 Å². The molecule has 0 amide bonds. The van der Waals surface area contributed by atoms with E-state index in [-0.39, 0.29) is 19.4 Å². The van der Waals surface area contributed by atoms with Gasteiger partial charge in [-0.15, -0.1) is 0 Å². The highest BCUT2D eigenvalue weighted by atomic mass is 19.4. The van der Waals surface area contributed by atoms with E-state index in [4.69, 9.17) is 18.9 Å².